The highest BCUT2D eigenvalue weighted by Gasteiger charge is 2.22. The van der Waals surface area contributed by atoms with Crippen LogP contribution < -0.4 is 5.14 Å². The fourth-order valence-corrected chi connectivity index (χ4v) is 2.66. The van der Waals surface area contributed by atoms with Crippen LogP contribution >= 0.6 is 0 Å². The molecular formula is C7H14N4O4S2. The largest absolute Gasteiger partial charge is 0.300 e. The van der Waals surface area contributed by atoms with Crippen molar-refractivity contribution in [3.8, 4) is 0 Å². The fraction of sp³-hybridized carbons (Fsp3) is 0.714. The first-order valence-electron chi connectivity index (χ1n) is 4.77. The molecule has 17 heavy (non-hydrogen) atoms. The molecule has 10 heteroatoms. The summed E-state index contributed by atoms with van der Waals surface area (Å²) in [7, 11) is -7.31. The molecule has 0 aliphatic carbocycles. The molecule has 0 aromatic carbocycles. The van der Waals surface area contributed by atoms with Crippen molar-refractivity contribution in [1.82, 2.24) is 14.8 Å². The third-order valence-electron chi connectivity index (χ3n) is 1.89. The molecule has 0 unspecified atom stereocenters. The molecule has 0 amide bonds. The first-order valence-corrected chi connectivity index (χ1v) is 8.38. The van der Waals surface area contributed by atoms with Crippen LogP contribution in [0.1, 0.15) is 19.2 Å². The van der Waals surface area contributed by atoms with Crippen molar-refractivity contribution in [2.24, 2.45) is 5.14 Å². The van der Waals surface area contributed by atoms with E-state index in [0.717, 1.165) is 6.26 Å². The van der Waals surface area contributed by atoms with Crippen LogP contribution in [0.3, 0.4) is 0 Å². The van der Waals surface area contributed by atoms with E-state index in [4.69, 9.17) is 5.14 Å². The molecule has 1 heterocycles. The van der Waals surface area contributed by atoms with E-state index in [1.807, 2.05) is 6.92 Å². The lowest BCUT2D eigenvalue weighted by Crippen LogP contribution is -2.20. The van der Waals surface area contributed by atoms with Crippen LogP contribution in [0.4, 0.5) is 0 Å². The van der Waals surface area contributed by atoms with Gasteiger partial charge < -0.3 is 0 Å². The Kier molecular flexibility index (Phi) is 3.89. The molecule has 0 aliphatic rings. The van der Waals surface area contributed by atoms with Gasteiger partial charge in [0.1, 0.15) is 11.6 Å². The molecule has 1 aromatic heterocycles. The number of sulfonamides is 1. The average Bonchev–Trinajstić information content (AvgIpc) is 2.45. The second-order valence-electron chi connectivity index (χ2n) is 3.67. The second-order valence-corrected chi connectivity index (χ2v) is 7.26. The Labute approximate surface area is 99.8 Å². The highest BCUT2D eigenvalue weighted by atomic mass is 32.2. The van der Waals surface area contributed by atoms with E-state index in [1.165, 1.54) is 4.57 Å². The van der Waals surface area contributed by atoms with E-state index in [0.29, 0.717) is 13.0 Å². The van der Waals surface area contributed by atoms with Crippen LogP contribution in [-0.2, 0) is 32.2 Å². The minimum atomic E-state index is -4.00. The molecule has 1 rings (SSSR count). The Morgan fingerprint density at radius 1 is 1.24 bits per heavy atom. The van der Waals surface area contributed by atoms with Gasteiger partial charge in [0.2, 0.25) is 0 Å². The van der Waals surface area contributed by atoms with Crippen molar-refractivity contribution < 1.29 is 16.8 Å². The number of sulfone groups is 1. The number of primary sulfonamides is 1. The number of aromatic nitrogens is 3. The third-order valence-corrected chi connectivity index (χ3v) is 3.48. The molecule has 98 valence electrons. The van der Waals surface area contributed by atoms with Crippen LogP contribution in [0.15, 0.2) is 5.16 Å². The molecule has 0 aliphatic heterocycles. The summed E-state index contributed by atoms with van der Waals surface area (Å²) in [5.74, 6) is -0.284. The summed E-state index contributed by atoms with van der Waals surface area (Å²) in [6.45, 7) is 2.11. The van der Waals surface area contributed by atoms with Gasteiger partial charge in [0, 0.05) is 12.8 Å². The highest BCUT2D eigenvalue weighted by molar-refractivity contribution is 7.90. The zero-order chi connectivity index (χ0) is 13.3. The average molecular weight is 282 g/mol. The molecule has 0 saturated heterocycles. The van der Waals surface area contributed by atoms with Gasteiger partial charge in [0.05, 0.1) is 0 Å². The van der Waals surface area contributed by atoms with E-state index >= 15 is 0 Å². The van der Waals surface area contributed by atoms with Crippen molar-refractivity contribution in [3.63, 3.8) is 0 Å². The van der Waals surface area contributed by atoms with Crippen molar-refractivity contribution in [2.45, 2.75) is 30.8 Å². The van der Waals surface area contributed by atoms with Gasteiger partial charge in [-0.05, 0) is 6.42 Å². The summed E-state index contributed by atoms with van der Waals surface area (Å²) >= 11 is 0. The molecule has 1 aromatic rings. The number of hydrogen-bond acceptors (Lipinski definition) is 6. The molecule has 0 radical (unpaired) electrons. The van der Waals surface area contributed by atoms with Crippen molar-refractivity contribution in [3.05, 3.63) is 5.82 Å². The Hall–Kier alpha value is -1.00. The molecule has 0 atom stereocenters. The maximum absolute atomic E-state index is 11.2. The fourth-order valence-electron chi connectivity index (χ4n) is 1.32. The molecule has 2 N–H and O–H groups in total. The first-order chi connectivity index (χ1) is 7.65. The van der Waals surface area contributed by atoms with Crippen LogP contribution in [0, 0.1) is 0 Å². The van der Waals surface area contributed by atoms with Crippen molar-refractivity contribution >= 4 is 19.9 Å². The standard InChI is InChI=1S/C7H14N4O4S2/c1-3-4-11-6(5-16(2,12)13)9-10-7(11)17(8,14)15/h3-5H2,1-2H3,(H2,8,14,15). The molecule has 0 saturated carbocycles. The van der Waals surface area contributed by atoms with E-state index in [2.05, 4.69) is 10.2 Å². The third kappa shape index (κ3) is 3.75. The predicted octanol–water partition coefficient (Wildman–Crippen LogP) is -1.12. The topological polar surface area (TPSA) is 125 Å². The summed E-state index contributed by atoms with van der Waals surface area (Å²) in [6.07, 6.45) is 1.64. The van der Waals surface area contributed by atoms with E-state index < -0.39 is 25.0 Å². The van der Waals surface area contributed by atoms with Gasteiger partial charge in [0.25, 0.3) is 15.2 Å². The maximum Gasteiger partial charge on any atom is 0.273 e. The van der Waals surface area contributed by atoms with E-state index in [9.17, 15) is 16.8 Å². The van der Waals surface area contributed by atoms with Gasteiger partial charge in [-0.15, -0.1) is 10.2 Å². The highest BCUT2D eigenvalue weighted by Crippen LogP contribution is 2.10. The number of nitrogens with two attached hydrogens (primary N) is 1. The normalized spacial score (nSPS) is 12.9. The number of rotatable bonds is 5. The lowest BCUT2D eigenvalue weighted by molar-refractivity contribution is 0.548. The van der Waals surface area contributed by atoms with Gasteiger partial charge in [-0.2, -0.15) is 0 Å². The SMILES string of the molecule is CCCn1c(CS(C)(=O)=O)nnc1S(N)(=O)=O. The smallest absolute Gasteiger partial charge is 0.273 e. The van der Waals surface area contributed by atoms with Gasteiger partial charge in [-0.25, -0.2) is 22.0 Å². The minimum absolute atomic E-state index is 0.0818. The maximum atomic E-state index is 11.2. The Balaban J connectivity index is 3.30. The molecule has 0 bridgehead atoms. The summed E-state index contributed by atoms with van der Waals surface area (Å²) in [4.78, 5) is 0. The molecule has 0 spiro atoms. The van der Waals surface area contributed by atoms with Gasteiger partial charge in [0.15, 0.2) is 9.84 Å². The van der Waals surface area contributed by atoms with Crippen LogP contribution in [0.2, 0.25) is 0 Å². The lowest BCUT2D eigenvalue weighted by atomic mass is 10.5. The van der Waals surface area contributed by atoms with Crippen LogP contribution in [0.5, 0.6) is 0 Å². The zero-order valence-electron chi connectivity index (χ0n) is 9.49. The molecule has 8 nitrogen and oxygen atoms in total. The van der Waals surface area contributed by atoms with E-state index in [1.54, 1.807) is 0 Å². The van der Waals surface area contributed by atoms with Crippen LogP contribution in [0.25, 0.3) is 0 Å². The summed E-state index contributed by atoms with van der Waals surface area (Å²) in [5.41, 5.74) is 0. The van der Waals surface area contributed by atoms with Gasteiger partial charge >= 0.3 is 0 Å². The van der Waals surface area contributed by atoms with E-state index in [-0.39, 0.29) is 11.6 Å². The monoisotopic (exact) mass is 282 g/mol. The quantitative estimate of drug-likeness (QED) is 0.729. The minimum Gasteiger partial charge on any atom is -0.300 e. The summed E-state index contributed by atoms with van der Waals surface area (Å²) in [6, 6.07) is 0. The molecular weight excluding hydrogens is 268 g/mol. The lowest BCUT2D eigenvalue weighted by Gasteiger charge is -2.06. The summed E-state index contributed by atoms with van der Waals surface area (Å²) < 4.78 is 46.0. The predicted molar refractivity (Wildman–Crippen MR) is 60.2 cm³/mol. The first kappa shape index (κ1) is 14.1. The second kappa shape index (κ2) is 4.70. The van der Waals surface area contributed by atoms with Gasteiger partial charge in [-0.1, -0.05) is 6.92 Å². The number of nitrogens with zero attached hydrogens (tertiary/aromatic N) is 3. The van der Waals surface area contributed by atoms with Crippen molar-refractivity contribution in [2.75, 3.05) is 6.26 Å². The Morgan fingerprint density at radius 2 is 1.82 bits per heavy atom. The Morgan fingerprint density at radius 3 is 2.24 bits per heavy atom. The van der Waals surface area contributed by atoms with Crippen LogP contribution in [-0.4, -0.2) is 37.9 Å². The summed E-state index contributed by atoms with van der Waals surface area (Å²) in [5, 5.41) is 11.5. The molecule has 0 fully saturated rings. The number of hydrogen-bond donors (Lipinski definition) is 1. The zero-order valence-corrected chi connectivity index (χ0v) is 11.1. The Bertz CT molecular complexity index is 602. The van der Waals surface area contributed by atoms with Gasteiger partial charge in [-0.3, -0.25) is 4.57 Å². The van der Waals surface area contributed by atoms with Crippen molar-refractivity contribution in [1.29, 1.82) is 0 Å².